The van der Waals surface area contributed by atoms with Crippen LogP contribution in [0, 0.1) is 0 Å². The van der Waals surface area contributed by atoms with Crippen molar-refractivity contribution in [1.29, 1.82) is 0 Å². The Hall–Kier alpha value is -1.31. The third-order valence-corrected chi connectivity index (χ3v) is 4.66. The molecule has 1 aromatic carbocycles. The summed E-state index contributed by atoms with van der Waals surface area (Å²) >= 11 is 0. The van der Waals surface area contributed by atoms with Gasteiger partial charge in [0.1, 0.15) is 5.75 Å². The highest BCUT2D eigenvalue weighted by Gasteiger charge is 2.43. The van der Waals surface area contributed by atoms with Crippen LogP contribution in [0.15, 0.2) is 18.2 Å². The van der Waals surface area contributed by atoms with Crippen molar-refractivity contribution in [2.75, 3.05) is 7.11 Å². The fourth-order valence-corrected chi connectivity index (χ4v) is 3.68. The van der Waals surface area contributed by atoms with E-state index in [9.17, 15) is 4.79 Å². The predicted octanol–water partition coefficient (Wildman–Crippen LogP) is 3.87. The molecule has 0 amide bonds. The monoisotopic (exact) mass is 244 g/mol. The number of hydrogen-bond acceptors (Lipinski definition) is 2. The van der Waals surface area contributed by atoms with Crippen LogP contribution in [0.1, 0.15) is 60.9 Å². The quantitative estimate of drug-likeness (QED) is 0.749. The number of hydrogen-bond donors (Lipinski definition) is 0. The Kier molecular flexibility index (Phi) is 2.89. The van der Waals surface area contributed by atoms with Crippen LogP contribution in [-0.2, 0) is 5.41 Å². The van der Waals surface area contributed by atoms with Crippen LogP contribution in [0.3, 0.4) is 0 Å². The van der Waals surface area contributed by atoms with Crippen molar-refractivity contribution >= 4 is 5.78 Å². The molecule has 0 bridgehead atoms. The molecule has 0 heterocycles. The zero-order valence-electron chi connectivity index (χ0n) is 11.0. The Labute approximate surface area is 108 Å². The minimum Gasteiger partial charge on any atom is -0.497 e. The van der Waals surface area contributed by atoms with Crippen molar-refractivity contribution in [3.8, 4) is 5.75 Å². The van der Waals surface area contributed by atoms with Crippen LogP contribution in [0.4, 0.5) is 0 Å². The minimum atomic E-state index is 0.122. The van der Waals surface area contributed by atoms with Gasteiger partial charge in [-0.2, -0.15) is 0 Å². The summed E-state index contributed by atoms with van der Waals surface area (Å²) in [5.41, 5.74) is 2.32. The van der Waals surface area contributed by atoms with Crippen molar-refractivity contribution < 1.29 is 9.53 Å². The lowest BCUT2D eigenvalue weighted by Gasteiger charge is -2.28. The maximum Gasteiger partial charge on any atom is 0.164 e. The molecule has 0 radical (unpaired) electrons. The van der Waals surface area contributed by atoms with E-state index >= 15 is 0 Å². The fourth-order valence-electron chi connectivity index (χ4n) is 3.68. The molecule has 1 spiro atoms. The van der Waals surface area contributed by atoms with Gasteiger partial charge in [-0.3, -0.25) is 4.79 Å². The lowest BCUT2D eigenvalue weighted by atomic mass is 9.75. The summed E-state index contributed by atoms with van der Waals surface area (Å²) < 4.78 is 5.33. The summed E-state index contributed by atoms with van der Waals surface area (Å²) in [6, 6.07) is 5.97. The highest BCUT2D eigenvalue weighted by atomic mass is 16.5. The topological polar surface area (TPSA) is 26.3 Å². The third-order valence-electron chi connectivity index (χ3n) is 4.66. The fraction of sp³-hybridized carbons (Fsp3) is 0.562. The molecule has 0 aliphatic heterocycles. The van der Waals surface area contributed by atoms with Gasteiger partial charge in [0.15, 0.2) is 5.78 Å². The molecule has 2 heteroatoms. The molecule has 0 N–H and O–H groups in total. The normalized spacial score (nSPS) is 21.7. The summed E-state index contributed by atoms with van der Waals surface area (Å²) in [5, 5.41) is 0. The van der Waals surface area contributed by atoms with Crippen LogP contribution in [0.25, 0.3) is 0 Å². The van der Waals surface area contributed by atoms with Crippen LogP contribution in [-0.4, -0.2) is 12.9 Å². The molecule has 1 fully saturated rings. The first-order valence-corrected chi connectivity index (χ1v) is 6.97. The second-order valence-electron chi connectivity index (χ2n) is 5.71. The second kappa shape index (κ2) is 4.42. The van der Waals surface area contributed by atoms with Gasteiger partial charge in [-0.1, -0.05) is 25.7 Å². The average molecular weight is 244 g/mol. The molecule has 2 aliphatic rings. The Balaban J connectivity index is 2.07. The number of carbonyl (C=O) groups is 1. The molecule has 3 rings (SSSR count). The highest BCUT2D eigenvalue weighted by molar-refractivity contribution is 6.02. The van der Waals surface area contributed by atoms with Gasteiger partial charge in [0.25, 0.3) is 0 Å². The number of methoxy groups -OCH3 is 1. The van der Waals surface area contributed by atoms with E-state index < -0.39 is 0 Å². The number of fused-ring (bicyclic) bond motifs is 2. The molecular formula is C16H20O2. The number of ether oxygens (including phenoxy) is 1. The van der Waals surface area contributed by atoms with Gasteiger partial charge < -0.3 is 4.74 Å². The molecule has 1 saturated carbocycles. The summed E-state index contributed by atoms with van der Waals surface area (Å²) in [6.45, 7) is 0. The Bertz CT molecular complexity index is 468. The van der Waals surface area contributed by atoms with Crippen molar-refractivity contribution in [2.45, 2.75) is 50.4 Å². The number of carbonyl (C=O) groups excluding carboxylic acids is 1. The number of rotatable bonds is 1. The summed E-state index contributed by atoms with van der Waals surface area (Å²) in [5.74, 6) is 1.21. The molecule has 0 saturated heterocycles. The zero-order chi connectivity index (χ0) is 12.6. The van der Waals surface area contributed by atoms with Crippen LogP contribution < -0.4 is 4.74 Å². The molecule has 0 unspecified atom stereocenters. The number of benzene rings is 1. The highest BCUT2D eigenvalue weighted by Crippen LogP contribution is 2.48. The van der Waals surface area contributed by atoms with E-state index in [0.29, 0.717) is 5.78 Å². The molecule has 2 nitrogen and oxygen atoms in total. The van der Waals surface area contributed by atoms with Crippen LogP contribution >= 0.6 is 0 Å². The van der Waals surface area contributed by atoms with Gasteiger partial charge >= 0.3 is 0 Å². The van der Waals surface area contributed by atoms with Gasteiger partial charge in [0.2, 0.25) is 0 Å². The smallest absolute Gasteiger partial charge is 0.164 e. The van der Waals surface area contributed by atoms with E-state index in [0.717, 1.165) is 17.7 Å². The molecule has 0 atom stereocenters. The Morgan fingerprint density at radius 2 is 1.83 bits per heavy atom. The van der Waals surface area contributed by atoms with Crippen molar-refractivity contribution in [2.24, 2.45) is 0 Å². The maximum atomic E-state index is 12.2. The Morgan fingerprint density at radius 1 is 1.11 bits per heavy atom. The van der Waals surface area contributed by atoms with E-state index in [4.69, 9.17) is 4.74 Å². The number of Topliss-reactive ketones (excluding diaryl/α,β-unsaturated/α-hetero) is 1. The third kappa shape index (κ3) is 1.75. The zero-order valence-corrected chi connectivity index (χ0v) is 11.0. The number of ketones is 1. The summed E-state index contributed by atoms with van der Waals surface area (Å²) in [4.78, 5) is 12.2. The lowest BCUT2D eigenvalue weighted by Crippen LogP contribution is -2.22. The first kappa shape index (κ1) is 11.8. The first-order chi connectivity index (χ1) is 8.75. The maximum absolute atomic E-state index is 12.2. The predicted molar refractivity (Wildman–Crippen MR) is 71.3 cm³/mol. The van der Waals surface area contributed by atoms with E-state index in [2.05, 4.69) is 6.07 Å². The summed E-state index contributed by atoms with van der Waals surface area (Å²) in [6.07, 6.45) is 8.19. The van der Waals surface area contributed by atoms with Crippen molar-refractivity contribution in [3.63, 3.8) is 0 Å². The molecular weight excluding hydrogens is 224 g/mol. The van der Waals surface area contributed by atoms with Crippen molar-refractivity contribution in [3.05, 3.63) is 29.3 Å². The van der Waals surface area contributed by atoms with E-state index in [-0.39, 0.29) is 5.41 Å². The van der Waals surface area contributed by atoms with Gasteiger partial charge in [-0.15, -0.1) is 0 Å². The second-order valence-corrected chi connectivity index (χ2v) is 5.71. The van der Waals surface area contributed by atoms with Gasteiger partial charge in [-0.05, 0) is 36.6 Å². The van der Waals surface area contributed by atoms with Gasteiger partial charge in [-0.25, -0.2) is 0 Å². The molecule has 1 aromatic rings. The van der Waals surface area contributed by atoms with E-state index in [1.807, 2.05) is 12.1 Å². The molecule has 2 aliphatic carbocycles. The van der Waals surface area contributed by atoms with E-state index in [1.165, 1.54) is 44.1 Å². The average Bonchev–Trinajstić information content (AvgIpc) is 2.57. The standard InChI is InChI=1S/C16H20O2/c1-18-12-6-7-13-14(10-12)16(11-15(13)17)8-4-2-3-5-9-16/h6-7,10H,2-5,8-9,11H2,1H3. The largest absolute Gasteiger partial charge is 0.497 e. The molecule has 0 aromatic heterocycles. The van der Waals surface area contributed by atoms with Crippen LogP contribution in [0.5, 0.6) is 5.75 Å². The van der Waals surface area contributed by atoms with Gasteiger partial charge in [0, 0.05) is 17.4 Å². The SMILES string of the molecule is COc1ccc2c(c1)C1(CCCCCC1)CC2=O. The van der Waals surface area contributed by atoms with Gasteiger partial charge in [0.05, 0.1) is 7.11 Å². The molecule has 96 valence electrons. The van der Waals surface area contributed by atoms with E-state index in [1.54, 1.807) is 7.11 Å². The first-order valence-electron chi connectivity index (χ1n) is 6.97. The Morgan fingerprint density at radius 3 is 2.50 bits per heavy atom. The summed E-state index contributed by atoms with van der Waals surface area (Å²) in [7, 11) is 1.69. The molecule has 18 heavy (non-hydrogen) atoms. The minimum absolute atomic E-state index is 0.122. The van der Waals surface area contributed by atoms with Crippen LogP contribution in [0.2, 0.25) is 0 Å². The lowest BCUT2D eigenvalue weighted by molar-refractivity contribution is 0.0969. The van der Waals surface area contributed by atoms with Crippen molar-refractivity contribution in [1.82, 2.24) is 0 Å².